The zero-order valence-electron chi connectivity index (χ0n) is 17.3. The quantitative estimate of drug-likeness (QED) is 0.538. The van der Waals surface area contributed by atoms with E-state index in [0.717, 1.165) is 40.0 Å². The Labute approximate surface area is 185 Å². The molecule has 0 spiro atoms. The summed E-state index contributed by atoms with van der Waals surface area (Å²) in [5.74, 6) is 2.69. The minimum absolute atomic E-state index is 0.0706. The number of carbonyl (C=O) groups is 1. The van der Waals surface area contributed by atoms with Crippen molar-refractivity contribution in [2.75, 3.05) is 29.9 Å². The number of anilines is 2. The predicted octanol–water partition coefficient (Wildman–Crippen LogP) is 5.50. The first kappa shape index (κ1) is 20.7. The second kappa shape index (κ2) is 9.04. The van der Waals surface area contributed by atoms with Crippen molar-refractivity contribution in [3.05, 3.63) is 59.1 Å². The SMILES string of the molecule is CC1CC(C)CN(c2ccc3cccc(OCC(=O)Nc4ccc(Br)cc4)c3n2)C1. The van der Waals surface area contributed by atoms with Crippen molar-refractivity contribution < 1.29 is 9.53 Å². The van der Waals surface area contributed by atoms with Gasteiger partial charge in [0.05, 0.1) is 0 Å². The van der Waals surface area contributed by atoms with E-state index < -0.39 is 0 Å². The number of piperidine rings is 1. The maximum absolute atomic E-state index is 12.3. The fourth-order valence-corrected chi connectivity index (χ4v) is 4.39. The number of fused-ring (bicyclic) bond motifs is 1. The third-order valence-corrected chi connectivity index (χ3v) is 5.88. The van der Waals surface area contributed by atoms with Gasteiger partial charge in [0.25, 0.3) is 5.91 Å². The molecule has 0 aliphatic carbocycles. The minimum Gasteiger partial charge on any atom is -0.481 e. The van der Waals surface area contributed by atoms with Crippen molar-refractivity contribution in [3.63, 3.8) is 0 Å². The van der Waals surface area contributed by atoms with E-state index in [4.69, 9.17) is 9.72 Å². The van der Waals surface area contributed by atoms with E-state index in [1.54, 1.807) is 0 Å². The number of aromatic nitrogens is 1. The highest BCUT2D eigenvalue weighted by molar-refractivity contribution is 9.10. The van der Waals surface area contributed by atoms with Crippen LogP contribution in [0, 0.1) is 11.8 Å². The van der Waals surface area contributed by atoms with Crippen LogP contribution < -0.4 is 15.0 Å². The van der Waals surface area contributed by atoms with Gasteiger partial charge in [0.1, 0.15) is 17.1 Å². The average molecular weight is 468 g/mol. The normalized spacial score (nSPS) is 19.0. The van der Waals surface area contributed by atoms with Gasteiger partial charge in [0.2, 0.25) is 0 Å². The Morgan fingerprint density at radius 3 is 2.57 bits per heavy atom. The molecular weight excluding hydrogens is 442 g/mol. The van der Waals surface area contributed by atoms with Gasteiger partial charge in [-0.25, -0.2) is 4.98 Å². The number of para-hydroxylation sites is 1. The molecule has 4 rings (SSSR count). The molecule has 0 saturated carbocycles. The molecule has 2 heterocycles. The molecule has 156 valence electrons. The lowest BCUT2D eigenvalue weighted by Gasteiger charge is -2.35. The van der Waals surface area contributed by atoms with Crippen LogP contribution in [-0.4, -0.2) is 30.6 Å². The number of carbonyl (C=O) groups excluding carboxylic acids is 1. The molecule has 2 atom stereocenters. The Morgan fingerprint density at radius 1 is 1.10 bits per heavy atom. The standard InChI is InChI=1S/C24H26BrN3O2/c1-16-12-17(2)14-28(13-16)22-11-6-18-4-3-5-21(24(18)27-22)30-15-23(29)26-20-9-7-19(25)8-10-20/h3-11,16-17H,12-15H2,1-2H3,(H,26,29). The highest BCUT2D eigenvalue weighted by Crippen LogP contribution is 2.30. The third kappa shape index (κ3) is 4.93. The molecule has 1 amide bonds. The number of hydrogen-bond acceptors (Lipinski definition) is 4. The molecule has 0 bridgehead atoms. The van der Waals surface area contributed by atoms with Gasteiger partial charge in [0, 0.05) is 28.6 Å². The van der Waals surface area contributed by atoms with Crippen molar-refractivity contribution in [1.82, 2.24) is 4.98 Å². The van der Waals surface area contributed by atoms with Crippen LogP contribution in [0.15, 0.2) is 59.1 Å². The molecule has 1 aliphatic heterocycles. The van der Waals surface area contributed by atoms with Gasteiger partial charge in [-0.05, 0) is 60.7 Å². The molecule has 30 heavy (non-hydrogen) atoms. The highest BCUT2D eigenvalue weighted by Gasteiger charge is 2.23. The number of amides is 1. The van der Waals surface area contributed by atoms with E-state index >= 15 is 0 Å². The molecule has 1 N–H and O–H groups in total. The van der Waals surface area contributed by atoms with Gasteiger partial charge in [-0.2, -0.15) is 0 Å². The van der Waals surface area contributed by atoms with E-state index in [-0.39, 0.29) is 12.5 Å². The summed E-state index contributed by atoms with van der Waals surface area (Å²) in [6, 6.07) is 17.4. The number of nitrogens with zero attached hydrogens (tertiary/aromatic N) is 2. The van der Waals surface area contributed by atoms with E-state index in [1.165, 1.54) is 6.42 Å². The van der Waals surface area contributed by atoms with Crippen LogP contribution in [0.5, 0.6) is 5.75 Å². The number of hydrogen-bond donors (Lipinski definition) is 1. The van der Waals surface area contributed by atoms with Gasteiger partial charge in [-0.3, -0.25) is 4.79 Å². The Balaban J connectivity index is 1.49. The summed E-state index contributed by atoms with van der Waals surface area (Å²) >= 11 is 3.39. The van der Waals surface area contributed by atoms with Crippen LogP contribution in [0.25, 0.3) is 10.9 Å². The Bertz CT molecular complexity index is 1030. The summed E-state index contributed by atoms with van der Waals surface area (Å²) in [7, 11) is 0. The van der Waals surface area contributed by atoms with Gasteiger partial charge in [-0.15, -0.1) is 0 Å². The van der Waals surface area contributed by atoms with Crippen molar-refractivity contribution in [2.24, 2.45) is 11.8 Å². The molecule has 1 aromatic heterocycles. The van der Waals surface area contributed by atoms with Crippen LogP contribution >= 0.6 is 15.9 Å². The lowest BCUT2D eigenvalue weighted by Crippen LogP contribution is -2.39. The summed E-state index contributed by atoms with van der Waals surface area (Å²) in [5.41, 5.74) is 1.52. The van der Waals surface area contributed by atoms with E-state index in [9.17, 15) is 4.79 Å². The summed E-state index contributed by atoms with van der Waals surface area (Å²) < 4.78 is 6.82. The molecule has 3 aromatic rings. The van der Waals surface area contributed by atoms with Gasteiger partial charge in [0.15, 0.2) is 6.61 Å². The largest absolute Gasteiger partial charge is 0.481 e. The summed E-state index contributed by atoms with van der Waals surface area (Å²) in [5, 5.41) is 3.85. The van der Waals surface area contributed by atoms with Crippen molar-refractivity contribution in [3.8, 4) is 5.75 Å². The molecular formula is C24H26BrN3O2. The topological polar surface area (TPSA) is 54.5 Å². The maximum atomic E-state index is 12.3. The minimum atomic E-state index is -0.204. The highest BCUT2D eigenvalue weighted by atomic mass is 79.9. The van der Waals surface area contributed by atoms with Crippen molar-refractivity contribution in [2.45, 2.75) is 20.3 Å². The molecule has 1 saturated heterocycles. The van der Waals surface area contributed by atoms with E-state index in [1.807, 2.05) is 42.5 Å². The summed E-state index contributed by atoms with van der Waals surface area (Å²) in [6.07, 6.45) is 1.26. The lowest BCUT2D eigenvalue weighted by molar-refractivity contribution is -0.118. The van der Waals surface area contributed by atoms with Crippen LogP contribution in [0.2, 0.25) is 0 Å². The predicted molar refractivity (Wildman–Crippen MR) is 125 cm³/mol. The molecule has 1 aliphatic rings. The molecule has 5 nitrogen and oxygen atoms in total. The van der Waals surface area contributed by atoms with Gasteiger partial charge < -0.3 is 15.0 Å². The maximum Gasteiger partial charge on any atom is 0.262 e. The fraction of sp³-hybridized carbons (Fsp3) is 0.333. The Hall–Kier alpha value is -2.60. The zero-order chi connectivity index (χ0) is 21.1. The number of nitrogens with one attached hydrogen (secondary N) is 1. The van der Waals surface area contributed by atoms with Crippen LogP contribution in [-0.2, 0) is 4.79 Å². The Kier molecular flexibility index (Phi) is 6.23. The number of halogens is 1. The van der Waals surface area contributed by atoms with E-state index in [2.05, 4.69) is 52.1 Å². The first-order valence-electron chi connectivity index (χ1n) is 10.3. The van der Waals surface area contributed by atoms with Crippen LogP contribution in [0.4, 0.5) is 11.5 Å². The van der Waals surface area contributed by atoms with Gasteiger partial charge >= 0.3 is 0 Å². The summed E-state index contributed by atoms with van der Waals surface area (Å²) in [6.45, 7) is 6.55. The number of pyridine rings is 1. The molecule has 2 aromatic carbocycles. The smallest absolute Gasteiger partial charge is 0.262 e. The third-order valence-electron chi connectivity index (χ3n) is 5.35. The molecule has 6 heteroatoms. The van der Waals surface area contributed by atoms with Gasteiger partial charge in [-0.1, -0.05) is 41.9 Å². The number of ether oxygens (including phenoxy) is 1. The van der Waals surface area contributed by atoms with E-state index in [0.29, 0.717) is 17.6 Å². The second-order valence-electron chi connectivity index (χ2n) is 8.19. The van der Waals surface area contributed by atoms with Crippen molar-refractivity contribution in [1.29, 1.82) is 0 Å². The second-order valence-corrected chi connectivity index (χ2v) is 9.11. The van der Waals surface area contributed by atoms with Crippen LogP contribution in [0.3, 0.4) is 0 Å². The summed E-state index contributed by atoms with van der Waals surface area (Å²) in [4.78, 5) is 19.6. The number of benzene rings is 2. The Morgan fingerprint density at radius 2 is 1.83 bits per heavy atom. The molecule has 2 unspecified atom stereocenters. The number of rotatable bonds is 5. The zero-order valence-corrected chi connectivity index (χ0v) is 18.9. The first-order valence-corrected chi connectivity index (χ1v) is 11.1. The molecule has 0 radical (unpaired) electrons. The monoisotopic (exact) mass is 467 g/mol. The first-order chi connectivity index (χ1) is 14.5. The van der Waals surface area contributed by atoms with Crippen LogP contribution in [0.1, 0.15) is 20.3 Å². The molecule has 1 fully saturated rings. The fourth-order valence-electron chi connectivity index (χ4n) is 4.13. The van der Waals surface area contributed by atoms with Crippen molar-refractivity contribution >= 4 is 44.2 Å². The average Bonchev–Trinajstić information content (AvgIpc) is 2.73. The lowest BCUT2D eigenvalue weighted by atomic mass is 9.92.